The van der Waals surface area contributed by atoms with Crippen molar-refractivity contribution in [3.05, 3.63) is 66.2 Å². The largest absolute Gasteiger partial charge is 0.473 e. The first kappa shape index (κ1) is 30.2. The standard InChI is InChI=1S/C21H29N4O14P/c1-33-8-10-14(28)16(18(36-10)24-6-4-12(26)22-20(24)29)39-40(31,32)38-15-11(9-34-2)37-19(17(15)35-3)25-7-5-13(27)23-21(25)30/h4-7,10-11,14-19,28H,8-9H2,1-3H3,(H,31,32)(H,22,26,29)(H,23,27,30)/t10-,11-,14-,15-,16-,17-,18-,19-/m1/s1. The van der Waals surface area contributed by atoms with Gasteiger partial charge in [-0.05, 0) is 0 Å². The van der Waals surface area contributed by atoms with E-state index in [2.05, 4.69) is 4.98 Å². The van der Waals surface area contributed by atoms with Crippen molar-refractivity contribution in [2.75, 3.05) is 34.5 Å². The van der Waals surface area contributed by atoms with Crippen molar-refractivity contribution < 1.29 is 47.3 Å². The summed E-state index contributed by atoms with van der Waals surface area (Å²) in [6.07, 6.45) is -8.38. The quantitative estimate of drug-likeness (QED) is 0.196. The summed E-state index contributed by atoms with van der Waals surface area (Å²) in [4.78, 5) is 62.7. The summed E-state index contributed by atoms with van der Waals surface area (Å²) in [7, 11) is -1.22. The summed E-state index contributed by atoms with van der Waals surface area (Å²) in [5.74, 6) is 0. The second-order valence-electron chi connectivity index (χ2n) is 8.88. The van der Waals surface area contributed by atoms with Crippen LogP contribution < -0.4 is 22.5 Å². The van der Waals surface area contributed by atoms with Gasteiger partial charge in [-0.1, -0.05) is 0 Å². The molecule has 0 bridgehead atoms. The molecule has 40 heavy (non-hydrogen) atoms. The molecule has 2 aliphatic heterocycles. The molecule has 2 aromatic rings. The third-order valence-corrected chi connectivity index (χ3v) is 7.31. The summed E-state index contributed by atoms with van der Waals surface area (Å²) in [6, 6.07) is 2.09. The van der Waals surface area contributed by atoms with Crippen molar-refractivity contribution in [2.24, 2.45) is 0 Å². The molecule has 19 heteroatoms. The fourth-order valence-corrected chi connectivity index (χ4v) is 5.70. The molecule has 2 saturated heterocycles. The van der Waals surface area contributed by atoms with Crippen LogP contribution in [0.4, 0.5) is 0 Å². The minimum atomic E-state index is -5.13. The third-order valence-electron chi connectivity index (χ3n) is 6.29. The van der Waals surface area contributed by atoms with E-state index in [4.69, 9.17) is 32.7 Å². The molecule has 9 atom stereocenters. The number of H-pyrrole nitrogens is 2. The lowest BCUT2D eigenvalue weighted by atomic mass is 10.1. The number of hydrogen-bond acceptors (Lipinski definition) is 13. The van der Waals surface area contributed by atoms with Gasteiger partial charge in [-0.3, -0.25) is 37.7 Å². The van der Waals surface area contributed by atoms with Gasteiger partial charge in [0.05, 0.1) is 13.2 Å². The van der Waals surface area contributed by atoms with Gasteiger partial charge in [-0.25, -0.2) is 14.2 Å². The molecule has 0 saturated carbocycles. The van der Waals surface area contributed by atoms with E-state index in [1.54, 1.807) is 0 Å². The van der Waals surface area contributed by atoms with Crippen molar-refractivity contribution in [3.63, 3.8) is 0 Å². The van der Waals surface area contributed by atoms with Crippen LogP contribution in [0.2, 0.25) is 0 Å². The molecular formula is C21H29N4O14P. The lowest BCUT2D eigenvalue weighted by Crippen LogP contribution is -2.41. The highest BCUT2D eigenvalue weighted by molar-refractivity contribution is 7.47. The molecule has 4 rings (SSSR count). The van der Waals surface area contributed by atoms with E-state index in [1.807, 2.05) is 4.98 Å². The molecule has 222 valence electrons. The second kappa shape index (κ2) is 12.4. The number of nitrogens with zero attached hydrogens (tertiary/aromatic N) is 2. The average Bonchev–Trinajstić information content (AvgIpc) is 3.36. The Morgan fingerprint density at radius 1 is 0.825 bits per heavy atom. The normalized spacial score (nSPS) is 31.8. The van der Waals surface area contributed by atoms with Gasteiger partial charge in [0.15, 0.2) is 12.5 Å². The summed E-state index contributed by atoms with van der Waals surface area (Å²) in [6.45, 7) is -0.334. The van der Waals surface area contributed by atoms with E-state index in [0.717, 1.165) is 33.7 Å². The minimum absolute atomic E-state index is 0.167. The Kier molecular flexibility index (Phi) is 9.36. The van der Waals surface area contributed by atoms with Gasteiger partial charge in [0.25, 0.3) is 11.1 Å². The van der Waals surface area contributed by atoms with E-state index in [-0.39, 0.29) is 13.2 Å². The number of aliphatic hydroxyl groups excluding tert-OH is 1. The molecule has 0 radical (unpaired) electrons. The molecule has 2 aromatic heterocycles. The minimum Gasteiger partial charge on any atom is -0.387 e. The van der Waals surface area contributed by atoms with Crippen LogP contribution in [0.1, 0.15) is 12.5 Å². The van der Waals surface area contributed by atoms with E-state index in [9.17, 15) is 33.7 Å². The maximum atomic E-state index is 13.3. The topological polar surface area (TPSA) is 232 Å². The van der Waals surface area contributed by atoms with Gasteiger partial charge in [0.1, 0.15) is 36.6 Å². The molecule has 4 heterocycles. The Hall–Kier alpha value is -2.77. The van der Waals surface area contributed by atoms with E-state index >= 15 is 0 Å². The highest BCUT2D eigenvalue weighted by Crippen LogP contribution is 2.52. The maximum Gasteiger partial charge on any atom is 0.473 e. The van der Waals surface area contributed by atoms with Crippen LogP contribution >= 0.6 is 7.82 Å². The fourth-order valence-electron chi connectivity index (χ4n) is 4.55. The van der Waals surface area contributed by atoms with E-state index < -0.39 is 79.4 Å². The number of aromatic amines is 2. The first-order valence-electron chi connectivity index (χ1n) is 11.8. The van der Waals surface area contributed by atoms with Gasteiger partial charge in [-0.2, -0.15) is 0 Å². The number of nitrogens with one attached hydrogen (secondary N) is 2. The van der Waals surface area contributed by atoms with Crippen LogP contribution in [-0.4, -0.2) is 100 Å². The van der Waals surface area contributed by atoms with Crippen molar-refractivity contribution >= 4 is 7.82 Å². The number of phosphoric acid groups is 1. The Balaban J connectivity index is 1.62. The van der Waals surface area contributed by atoms with Crippen molar-refractivity contribution in [1.82, 2.24) is 19.1 Å². The van der Waals surface area contributed by atoms with Crippen molar-refractivity contribution in [1.29, 1.82) is 0 Å². The van der Waals surface area contributed by atoms with E-state index in [0.29, 0.717) is 0 Å². The monoisotopic (exact) mass is 592 g/mol. The number of methoxy groups -OCH3 is 3. The average molecular weight is 592 g/mol. The molecule has 0 aromatic carbocycles. The molecule has 0 spiro atoms. The summed E-state index contributed by atoms with van der Waals surface area (Å²) in [5.41, 5.74) is -3.11. The number of aromatic nitrogens is 4. The Morgan fingerprint density at radius 2 is 1.30 bits per heavy atom. The van der Waals surface area contributed by atoms with Gasteiger partial charge in [0, 0.05) is 45.9 Å². The molecule has 2 aliphatic rings. The Morgan fingerprint density at radius 3 is 1.80 bits per heavy atom. The summed E-state index contributed by atoms with van der Waals surface area (Å²) in [5, 5.41) is 10.8. The molecule has 1 unspecified atom stereocenters. The maximum absolute atomic E-state index is 13.3. The van der Waals surface area contributed by atoms with E-state index in [1.165, 1.54) is 21.3 Å². The first-order valence-corrected chi connectivity index (χ1v) is 13.3. The van der Waals surface area contributed by atoms with Crippen LogP contribution in [0, 0.1) is 0 Å². The first-order chi connectivity index (χ1) is 19.0. The van der Waals surface area contributed by atoms with Crippen LogP contribution in [0.5, 0.6) is 0 Å². The van der Waals surface area contributed by atoms with Crippen LogP contribution in [0.3, 0.4) is 0 Å². The number of rotatable bonds is 11. The fraction of sp³-hybridized carbons (Fsp3) is 0.619. The van der Waals surface area contributed by atoms with Crippen LogP contribution in [0.25, 0.3) is 0 Å². The Bertz CT molecular complexity index is 1450. The number of phosphoric ester groups is 1. The molecule has 4 N–H and O–H groups in total. The van der Waals surface area contributed by atoms with Crippen LogP contribution in [-0.2, 0) is 37.3 Å². The highest BCUT2D eigenvalue weighted by atomic mass is 31.2. The molecule has 0 aliphatic carbocycles. The Labute approximate surface area is 224 Å². The smallest absolute Gasteiger partial charge is 0.387 e. The van der Waals surface area contributed by atoms with Crippen molar-refractivity contribution in [3.8, 4) is 0 Å². The third kappa shape index (κ3) is 6.26. The van der Waals surface area contributed by atoms with Gasteiger partial charge in [0.2, 0.25) is 0 Å². The second-order valence-corrected chi connectivity index (χ2v) is 10.2. The molecule has 18 nitrogen and oxygen atoms in total. The van der Waals surface area contributed by atoms with Gasteiger partial charge >= 0.3 is 19.2 Å². The zero-order chi connectivity index (χ0) is 29.2. The zero-order valence-corrected chi connectivity index (χ0v) is 22.4. The highest BCUT2D eigenvalue weighted by Gasteiger charge is 2.53. The summed E-state index contributed by atoms with van der Waals surface area (Å²) >= 11 is 0. The molecular weight excluding hydrogens is 563 g/mol. The summed E-state index contributed by atoms with van der Waals surface area (Å²) < 4.78 is 53.1. The van der Waals surface area contributed by atoms with Gasteiger partial charge in [-0.15, -0.1) is 0 Å². The lowest BCUT2D eigenvalue weighted by molar-refractivity contribution is -0.0682. The number of ether oxygens (including phenoxy) is 5. The van der Waals surface area contributed by atoms with Gasteiger partial charge < -0.3 is 33.7 Å². The zero-order valence-electron chi connectivity index (χ0n) is 21.5. The van der Waals surface area contributed by atoms with Crippen molar-refractivity contribution in [2.45, 2.75) is 49.1 Å². The predicted octanol–water partition coefficient (Wildman–Crippen LogP) is -2.58. The van der Waals surface area contributed by atoms with Crippen LogP contribution in [0.15, 0.2) is 43.7 Å². The lowest BCUT2D eigenvalue weighted by Gasteiger charge is -2.28. The number of hydrogen-bond donors (Lipinski definition) is 4. The molecule has 2 fully saturated rings. The number of aliphatic hydroxyl groups is 1. The predicted molar refractivity (Wildman–Crippen MR) is 131 cm³/mol. The molecule has 0 amide bonds. The SMILES string of the molecule is COC[C@H]1O[C@@H](n2ccc(=O)[nH]c2=O)[C@H](OP(=O)(O)O[C@H]2[C@@H](OC)[C@H](n3ccc(=O)[nH]c3=O)O[C@@H]2COC)[C@@H]1O.